The minimum Gasteiger partial charge on any atom is -0.295 e. The first kappa shape index (κ1) is 11.9. The van der Waals surface area contributed by atoms with Gasteiger partial charge in [-0.15, -0.1) is 0 Å². The van der Waals surface area contributed by atoms with Gasteiger partial charge in [0, 0.05) is 23.4 Å². The highest BCUT2D eigenvalue weighted by atomic mass is 32.1. The molecule has 2 heterocycles. The van der Waals surface area contributed by atoms with Gasteiger partial charge >= 0.3 is 0 Å². The predicted octanol–water partition coefficient (Wildman–Crippen LogP) is 4.00. The van der Waals surface area contributed by atoms with Gasteiger partial charge in [0.05, 0.1) is 0 Å². The first-order valence-electron chi connectivity index (χ1n) is 6.89. The van der Waals surface area contributed by atoms with Crippen molar-refractivity contribution in [1.82, 2.24) is 14.6 Å². The van der Waals surface area contributed by atoms with Gasteiger partial charge in [-0.05, 0) is 25.3 Å². The van der Waals surface area contributed by atoms with Gasteiger partial charge in [0.1, 0.15) is 4.64 Å². The summed E-state index contributed by atoms with van der Waals surface area (Å²) >= 11 is 5.44. The van der Waals surface area contributed by atoms with Gasteiger partial charge in [0.25, 0.3) is 0 Å². The van der Waals surface area contributed by atoms with Gasteiger partial charge in [-0.2, -0.15) is 0 Å². The SMILES string of the molecule is CCCc1cc(=S)n2[nH]c(C3CCCC3)cc2n1. The number of hydrogen-bond donors (Lipinski definition) is 1. The van der Waals surface area contributed by atoms with Crippen molar-refractivity contribution >= 4 is 17.9 Å². The smallest absolute Gasteiger partial charge is 0.154 e. The number of aryl methyl sites for hydroxylation is 1. The van der Waals surface area contributed by atoms with Crippen molar-refractivity contribution < 1.29 is 0 Å². The summed E-state index contributed by atoms with van der Waals surface area (Å²) in [6, 6.07) is 4.20. The van der Waals surface area contributed by atoms with Crippen molar-refractivity contribution in [3.63, 3.8) is 0 Å². The highest BCUT2D eigenvalue weighted by molar-refractivity contribution is 7.71. The van der Waals surface area contributed by atoms with E-state index in [-0.39, 0.29) is 0 Å². The van der Waals surface area contributed by atoms with Crippen molar-refractivity contribution in [2.24, 2.45) is 0 Å². The van der Waals surface area contributed by atoms with Gasteiger partial charge in [-0.1, -0.05) is 38.4 Å². The maximum Gasteiger partial charge on any atom is 0.154 e. The molecule has 3 nitrogen and oxygen atoms in total. The number of fused-ring (bicyclic) bond motifs is 1. The Bertz CT molecular complexity index is 605. The average Bonchev–Trinajstić information content (AvgIpc) is 2.97. The molecule has 0 aromatic carbocycles. The first-order valence-corrected chi connectivity index (χ1v) is 7.30. The summed E-state index contributed by atoms with van der Waals surface area (Å²) in [5.41, 5.74) is 3.40. The van der Waals surface area contributed by atoms with E-state index in [9.17, 15) is 0 Å². The topological polar surface area (TPSA) is 33.1 Å². The summed E-state index contributed by atoms with van der Waals surface area (Å²) in [5.74, 6) is 0.677. The third-order valence-electron chi connectivity index (χ3n) is 3.82. The number of aromatic nitrogens is 3. The zero-order valence-corrected chi connectivity index (χ0v) is 11.6. The van der Waals surface area contributed by atoms with E-state index in [1.807, 2.05) is 10.6 Å². The van der Waals surface area contributed by atoms with Crippen LogP contribution >= 0.6 is 12.2 Å². The Kier molecular flexibility index (Phi) is 3.20. The lowest BCUT2D eigenvalue weighted by atomic mass is 10.1. The van der Waals surface area contributed by atoms with E-state index in [4.69, 9.17) is 12.2 Å². The first-order chi connectivity index (χ1) is 8.78. The standard InChI is InChI=1S/C14H19N3S/c1-2-5-11-8-14(18)17-13(15-11)9-12(16-17)10-6-3-4-7-10/h8-10,16H,2-7H2,1H3. The van der Waals surface area contributed by atoms with E-state index in [1.54, 1.807) is 0 Å². The molecule has 1 aliphatic carbocycles. The van der Waals surface area contributed by atoms with Crippen LogP contribution in [0.3, 0.4) is 0 Å². The highest BCUT2D eigenvalue weighted by Crippen LogP contribution is 2.33. The molecule has 0 aliphatic heterocycles. The van der Waals surface area contributed by atoms with E-state index in [1.165, 1.54) is 31.4 Å². The molecule has 96 valence electrons. The molecule has 4 heteroatoms. The zero-order valence-electron chi connectivity index (χ0n) is 10.8. The van der Waals surface area contributed by atoms with E-state index in [0.29, 0.717) is 5.92 Å². The summed E-state index contributed by atoms with van der Waals surface area (Å²) < 4.78 is 2.79. The molecule has 18 heavy (non-hydrogen) atoms. The minimum absolute atomic E-state index is 0.677. The van der Waals surface area contributed by atoms with E-state index in [0.717, 1.165) is 28.8 Å². The van der Waals surface area contributed by atoms with Gasteiger partial charge in [0.15, 0.2) is 5.65 Å². The lowest BCUT2D eigenvalue weighted by molar-refractivity contribution is 0.683. The number of hydrogen-bond acceptors (Lipinski definition) is 2. The quantitative estimate of drug-likeness (QED) is 0.847. The number of aromatic amines is 1. The normalized spacial score (nSPS) is 16.7. The molecule has 0 unspecified atom stereocenters. The van der Waals surface area contributed by atoms with Crippen LogP contribution in [0.25, 0.3) is 5.65 Å². The highest BCUT2D eigenvalue weighted by Gasteiger charge is 2.19. The van der Waals surface area contributed by atoms with E-state index in [2.05, 4.69) is 23.1 Å². The summed E-state index contributed by atoms with van der Waals surface area (Å²) in [4.78, 5) is 4.68. The minimum atomic E-state index is 0.677. The molecule has 3 rings (SSSR count). The fourth-order valence-electron chi connectivity index (χ4n) is 2.89. The van der Waals surface area contributed by atoms with Crippen LogP contribution in [-0.2, 0) is 6.42 Å². The van der Waals surface area contributed by atoms with Crippen molar-refractivity contribution in [3.05, 3.63) is 28.2 Å². The van der Waals surface area contributed by atoms with E-state index < -0.39 is 0 Å². The summed E-state index contributed by atoms with van der Waals surface area (Å²) in [5, 5.41) is 3.43. The number of rotatable bonds is 3. The van der Waals surface area contributed by atoms with Crippen LogP contribution in [0.2, 0.25) is 0 Å². The Morgan fingerprint density at radius 2 is 2.17 bits per heavy atom. The third kappa shape index (κ3) is 2.09. The number of nitrogens with zero attached hydrogens (tertiary/aromatic N) is 2. The van der Waals surface area contributed by atoms with Gasteiger partial charge in [0.2, 0.25) is 0 Å². The molecule has 0 saturated heterocycles. The molecular formula is C14H19N3S. The van der Waals surface area contributed by atoms with Gasteiger partial charge in [-0.25, -0.2) is 9.50 Å². The Balaban J connectivity index is 2.05. The van der Waals surface area contributed by atoms with E-state index >= 15 is 0 Å². The lowest BCUT2D eigenvalue weighted by Gasteiger charge is -2.03. The maximum atomic E-state index is 5.44. The van der Waals surface area contributed by atoms with Crippen molar-refractivity contribution in [1.29, 1.82) is 0 Å². The second-order valence-corrected chi connectivity index (χ2v) is 5.64. The number of H-pyrrole nitrogens is 1. The number of nitrogens with one attached hydrogen (secondary N) is 1. The zero-order chi connectivity index (χ0) is 12.5. The van der Waals surface area contributed by atoms with Crippen molar-refractivity contribution in [2.75, 3.05) is 0 Å². The van der Waals surface area contributed by atoms with Crippen LogP contribution in [0.5, 0.6) is 0 Å². The molecule has 1 fully saturated rings. The van der Waals surface area contributed by atoms with Crippen LogP contribution in [0, 0.1) is 4.64 Å². The molecule has 0 amide bonds. The molecule has 1 N–H and O–H groups in total. The third-order valence-corrected chi connectivity index (χ3v) is 4.12. The van der Waals surface area contributed by atoms with Crippen LogP contribution < -0.4 is 0 Å². The summed E-state index contributed by atoms with van der Waals surface area (Å²) in [6.07, 6.45) is 7.39. The van der Waals surface area contributed by atoms with Gasteiger partial charge in [-0.3, -0.25) is 5.10 Å². The molecule has 0 bridgehead atoms. The molecule has 0 radical (unpaired) electrons. The summed E-state index contributed by atoms with van der Waals surface area (Å²) in [6.45, 7) is 2.17. The molecule has 2 aromatic rings. The largest absolute Gasteiger partial charge is 0.295 e. The average molecular weight is 261 g/mol. The molecule has 1 saturated carbocycles. The van der Waals surface area contributed by atoms with Gasteiger partial charge < -0.3 is 0 Å². The molecule has 0 spiro atoms. The van der Waals surface area contributed by atoms with Crippen molar-refractivity contribution in [2.45, 2.75) is 51.4 Å². The Hall–Kier alpha value is -1.16. The molecule has 0 atom stereocenters. The fraction of sp³-hybridized carbons (Fsp3) is 0.571. The Morgan fingerprint density at radius 3 is 2.89 bits per heavy atom. The maximum absolute atomic E-state index is 5.44. The Labute approximate surface area is 112 Å². The molecular weight excluding hydrogens is 242 g/mol. The van der Waals surface area contributed by atoms with Crippen LogP contribution in [0.1, 0.15) is 56.3 Å². The van der Waals surface area contributed by atoms with Crippen LogP contribution in [0.15, 0.2) is 12.1 Å². The molecule has 1 aliphatic rings. The van der Waals surface area contributed by atoms with Crippen LogP contribution in [0.4, 0.5) is 0 Å². The van der Waals surface area contributed by atoms with Crippen LogP contribution in [-0.4, -0.2) is 14.6 Å². The molecule has 2 aromatic heterocycles. The Morgan fingerprint density at radius 1 is 1.39 bits per heavy atom. The van der Waals surface area contributed by atoms with Crippen molar-refractivity contribution in [3.8, 4) is 0 Å². The fourth-order valence-corrected chi connectivity index (χ4v) is 3.16. The second kappa shape index (κ2) is 4.84. The second-order valence-electron chi connectivity index (χ2n) is 5.22. The monoisotopic (exact) mass is 261 g/mol. The summed E-state index contributed by atoms with van der Waals surface area (Å²) in [7, 11) is 0. The lowest BCUT2D eigenvalue weighted by Crippen LogP contribution is -1.98. The predicted molar refractivity (Wildman–Crippen MR) is 75.6 cm³/mol.